The van der Waals surface area contributed by atoms with Gasteiger partial charge in [-0.3, -0.25) is 14.5 Å². The van der Waals surface area contributed by atoms with E-state index in [0.29, 0.717) is 24.0 Å². The number of carbonyl (C=O) groups excluding carboxylic acids is 2. The van der Waals surface area contributed by atoms with Gasteiger partial charge in [0, 0.05) is 12.1 Å². The molecule has 0 saturated carbocycles. The smallest absolute Gasteiger partial charge is 0.294 e. The summed E-state index contributed by atoms with van der Waals surface area (Å²) in [5.74, 6) is -0.0400. The number of Topliss-reactive ketones (excluding diaryl/α,β-unsaturated/α-hetero) is 1. The number of nitrogens with zero attached hydrogens (tertiary/aromatic N) is 1. The molecule has 0 fully saturated rings. The summed E-state index contributed by atoms with van der Waals surface area (Å²) in [4.78, 5) is 27.7. The molecule has 5 nitrogen and oxygen atoms in total. The molecule has 3 rings (SSSR count). The number of anilines is 1. The van der Waals surface area contributed by atoms with Crippen molar-refractivity contribution in [2.24, 2.45) is 5.92 Å². The van der Waals surface area contributed by atoms with E-state index in [9.17, 15) is 14.7 Å². The molecule has 2 aromatic carbocycles. The van der Waals surface area contributed by atoms with Crippen LogP contribution in [0.1, 0.15) is 64.1 Å². The molecule has 164 valence electrons. The van der Waals surface area contributed by atoms with E-state index in [0.717, 1.165) is 5.56 Å². The average Bonchev–Trinajstić information content (AvgIpc) is 2.99. The van der Waals surface area contributed by atoms with Crippen molar-refractivity contribution in [1.82, 2.24) is 0 Å². The first-order chi connectivity index (χ1) is 14.7. The normalized spacial score (nSPS) is 16.5. The lowest BCUT2D eigenvalue weighted by atomic mass is 9.90. The Kier molecular flexibility index (Phi) is 6.84. The van der Waals surface area contributed by atoms with Crippen LogP contribution in [-0.2, 0) is 9.59 Å². The van der Waals surface area contributed by atoms with Crippen molar-refractivity contribution in [2.75, 3.05) is 11.5 Å². The molecule has 2 aromatic rings. The van der Waals surface area contributed by atoms with Crippen LogP contribution in [0.2, 0.25) is 0 Å². The van der Waals surface area contributed by atoms with Gasteiger partial charge < -0.3 is 9.84 Å². The van der Waals surface area contributed by atoms with Crippen LogP contribution in [0.25, 0.3) is 0 Å². The van der Waals surface area contributed by atoms with Crippen LogP contribution in [0.15, 0.2) is 59.9 Å². The Morgan fingerprint density at radius 2 is 1.65 bits per heavy atom. The van der Waals surface area contributed by atoms with E-state index in [-0.39, 0.29) is 23.7 Å². The maximum atomic E-state index is 13.1. The van der Waals surface area contributed by atoms with Crippen LogP contribution in [0.4, 0.5) is 5.69 Å². The quantitative estimate of drug-likeness (QED) is 0.592. The van der Waals surface area contributed by atoms with Gasteiger partial charge in [-0.25, -0.2) is 0 Å². The number of carbonyl (C=O) groups is 2. The van der Waals surface area contributed by atoms with Crippen LogP contribution in [0.3, 0.4) is 0 Å². The fourth-order valence-corrected chi connectivity index (χ4v) is 3.89. The Morgan fingerprint density at radius 1 is 1.03 bits per heavy atom. The van der Waals surface area contributed by atoms with Crippen LogP contribution in [0, 0.1) is 5.92 Å². The van der Waals surface area contributed by atoms with Crippen LogP contribution < -0.4 is 9.64 Å². The van der Waals surface area contributed by atoms with Gasteiger partial charge in [0.05, 0.1) is 18.2 Å². The summed E-state index contributed by atoms with van der Waals surface area (Å²) in [7, 11) is 0. The molecule has 0 saturated heterocycles. The Morgan fingerprint density at radius 3 is 2.16 bits per heavy atom. The fourth-order valence-electron chi connectivity index (χ4n) is 3.89. The zero-order valence-electron chi connectivity index (χ0n) is 18.9. The number of ether oxygens (including phenoxy) is 1. The highest BCUT2D eigenvalue weighted by atomic mass is 16.5. The molecule has 1 atom stereocenters. The van der Waals surface area contributed by atoms with Gasteiger partial charge in [-0.05, 0) is 54.2 Å². The predicted octanol–water partition coefficient (Wildman–Crippen LogP) is 5.72. The van der Waals surface area contributed by atoms with Gasteiger partial charge in [-0.15, -0.1) is 0 Å². The monoisotopic (exact) mass is 421 g/mol. The van der Waals surface area contributed by atoms with Gasteiger partial charge in [0.2, 0.25) is 0 Å². The van der Waals surface area contributed by atoms with Gasteiger partial charge in [0.25, 0.3) is 5.91 Å². The van der Waals surface area contributed by atoms with Crippen molar-refractivity contribution in [2.45, 2.75) is 53.0 Å². The van der Waals surface area contributed by atoms with E-state index < -0.39 is 17.7 Å². The van der Waals surface area contributed by atoms with Crippen molar-refractivity contribution >= 4 is 17.4 Å². The maximum Gasteiger partial charge on any atom is 0.294 e. The number of aliphatic hydroxyl groups is 1. The molecule has 0 aliphatic carbocycles. The number of ketones is 1. The lowest BCUT2D eigenvalue weighted by molar-refractivity contribution is -0.118. The van der Waals surface area contributed by atoms with Gasteiger partial charge in [-0.2, -0.15) is 0 Å². The number of benzene rings is 2. The van der Waals surface area contributed by atoms with E-state index in [2.05, 4.69) is 13.8 Å². The molecule has 1 aliphatic rings. The molecule has 1 amide bonds. The van der Waals surface area contributed by atoms with Gasteiger partial charge in [0.1, 0.15) is 5.75 Å². The van der Waals surface area contributed by atoms with Crippen LogP contribution in [-0.4, -0.2) is 23.4 Å². The fraction of sp³-hybridized carbons (Fsp3) is 0.385. The number of rotatable bonds is 8. The Bertz CT molecular complexity index is 971. The highest BCUT2D eigenvalue weighted by Gasteiger charge is 2.44. The van der Waals surface area contributed by atoms with Crippen molar-refractivity contribution in [3.8, 4) is 5.75 Å². The molecule has 5 heteroatoms. The molecule has 1 unspecified atom stereocenters. The summed E-state index contributed by atoms with van der Waals surface area (Å²) < 4.78 is 5.50. The Hall–Kier alpha value is -3.08. The molecule has 1 heterocycles. The summed E-state index contributed by atoms with van der Waals surface area (Å²) in [6, 6.07) is 14.4. The molecule has 0 aromatic heterocycles. The molecule has 1 aliphatic heterocycles. The highest BCUT2D eigenvalue weighted by molar-refractivity contribution is 6.16. The lowest BCUT2D eigenvalue weighted by Gasteiger charge is -2.27. The van der Waals surface area contributed by atoms with Crippen molar-refractivity contribution in [3.63, 3.8) is 0 Å². The molecule has 1 N–H and O–H groups in total. The predicted molar refractivity (Wildman–Crippen MR) is 122 cm³/mol. The first kappa shape index (κ1) is 22.6. The third-order valence-corrected chi connectivity index (χ3v) is 5.45. The summed E-state index contributed by atoms with van der Waals surface area (Å²) >= 11 is 0. The number of hydrogen-bond acceptors (Lipinski definition) is 4. The summed E-state index contributed by atoms with van der Waals surface area (Å²) in [6.45, 7) is 10.6. The molecule has 0 radical (unpaired) electrons. The topological polar surface area (TPSA) is 66.8 Å². The van der Waals surface area contributed by atoms with E-state index >= 15 is 0 Å². The largest absolute Gasteiger partial charge is 0.503 e. The van der Waals surface area contributed by atoms with Crippen LogP contribution in [0.5, 0.6) is 5.75 Å². The average molecular weight is 422 g/mol. The van der Waals surface area contributed by atoms with Crippen molar-refractivity contribution < 1.29 is 19.4 Å². The minimum atomic E-state index is -0.669. The first-order valence-electron chi connectivity index (χ1n) is 10.9. The standard InChI is InChI=1S/C26H31NO4/c1-6-31-21-13-11-20(12-14-21)27-24(19-9-7-18(8-10-19)17(4)5)23(25(29)26(27)30)22(28)15-16(2)3/h7-14,16-17,24,29H,6,15H2,1-5H3. The van der Waals surface area contributed by atoms with Crippen molar-refractivity contribution in [1.29, 1.82) is 0 Å². The van der Waals surface area contributed by atoms with E-state index in [1.54, 1.807) is 24.3 Å². The summed E-state index contributed by atoms with van der Waals surface area (Å²) in [5.41, 5.74) is 2.74. The molecule has 0 bridgehead atoms. The van der Waals surface area contributed by atoms with Crippen molar-refractivity contribution in [3.05, 3.63) is 71.0 Å². The Labute approximate surface area is 184 Å². The number of amides is 1. The van der Waals surface area contributed by atoms with E-state index in [1.807, 2.05) is 45.0 Å². The zero-order chi connectivity index (χ0) is 22.7. The number of hydrogen-bond donors (Lipinski definition) is 1. The minimum absolute atomic E-state index is 0.117. The second kappa shape index (κ2) is 9.38. The zero-order valence-corrected chi connectivity index (χ0v) is 18.9. The SMILES string of the molecule is CCOc1ccc(N2C(=O)C(O)=C(C(=O)CC(C)C)C2c2ccc(C(C)C)cc2)cc1. The van der Waals surface area contributed by atoms with E-state index in [1.165, 1.54) is 10.5 Å². The first-order valence-corrected chi connectivity index (χ1v) is 10.9. The highest BCUT2D eigenvalue weighted by Crippen LogP contribution is 2.42. The summed E-state index contributed by atoms with van der Waals surface area (Å²) in [5, 5.41) is 10.7. The molecular weight excluding hydrogens is 390 g/mol. The maximum absolute atomic E-state index is 13.1. The molecular formula is C26H31NO4. The third kappa shape index (κ3) is 4.66. The minimum Gasteiger partial charge on any atom is -0.503 e. The van der Waals surface area contributed by atoms with E-state index in [4.69, 9.17) is 4.74 Å². The third-order valence-electron chi connectivity index (χ3n) is 5.45. The summed E-state index contributed by atoms with van der Waals surface area (Å²) in [6.07, 6.45) is 0.268. The van der Waals surface area contributed by atoms with Gasteiger partial charge >= 0.3 is 0 Å². The number of aliphatic hydroxyl groups excluding tert-OH is 1. The molecule has 0 spiro atoms. The van der Waals surface area contributed by atoms with Crippen LogP contribution >= 0.6 is 0 Å². The van der Waals surface area contributed by atoms with Gasteiger partial charge in [0.15, 0.2) is 11.5 Å². The second-order valence-corrected chi connectivity index (χ2v) is 8.61. The van der Waals surface area contributed by atoms with Gasteiger partial charge in [-0.1, -0.05) is 52.0 Å². The Balaban J connectivity index is 2.08. The molecule has 31 heavy (non-hydrogen) atoms. The lowest BCUT2D eigenvalue weighted by Crippen LogP contribution is -2.31. The second-order valence-electron chi connectivity index (χ2n) is 8.61.